The lowest BCUT2D eigenvalue weighted by Crippen LogP contribution is -2.33. The summed E-state index contributed by atoms with van der Waals surface area (Å²) in [7, 11) is 0. The molecule has 1 aliphatic rings. The minimum atomic E-state index is -0.149. The molecule has 0 bridgehead atoms. The highest BCUT2D eigenvalue weighted by Crippen LogP contribution is 2.23. The Hall–Kier alpha value is -1.98. The third-order valence-electron chi connectivity index (χ3n) is 4.64. The summed E-state index contributed by atoms with van der Waals surface area (Å²) >= 11 is 1.69. The fourth-order valence-corrected chi connectivity index (χ4v) is 4.09. The van der Waals surface area contributed by atoms with Crippen molar-refractivity contribution < 1.29 is 4.39 Å². The van der Waals surface area contributed by atoms with Gasteiger partial charge in [-0.2, -0.15) is 16.4 Å². The fourth-order valence-electron chi connectivity index (χ4n) is 3.44. The van der Waals surface area contributed by atoms with Gasteiger partial charge >= 0.3 is 0 Å². The van der Waals surface area contributed by atoms with Crippen LogP contribution in [0.4, 0.5) is 4.39 Å². The van der Waals surface area contributed by atoms with Gasteiger partial charge in [0.15, 0.2) is 0 Å². The zero-order chi connectivity index (χ0) is 16.4. The first-order valence-electron chi connectivity index (χ1n) is 8.32. The molecule has 5 heteroatoms. The molecule has 4 rings (SSSR count). The molecule has 0 amide bonds. The molecule has 1 fully saturated rings. The van der Waals surface area contributed by atoms with E-state index in [4.69, 9.17) is 5.10 Å². The highest BCUT2D eigenvalue weighted by atomic mass is 32.1. The van der Waals surface area contributed by atoms with Gasteiger partial charge in [0.05, 0.1) is 12.4 Å². The topological polar surface area (TPSA) is 21.1 Å². The quantitative estimate of drug-likeness (QED) is 0.685. The van der Waals surface area contributed by atoms with Crippen molar-refractivity contribution in [2.75, 3.05) is 6.54 Å². The first-order valence-corrected chi connectivity index (χ1v) is 9.27. The number of hydrogen-bond donors (Lipinski definition) is 0. The summed E-state index contributed by atoms with van der Waals surface area (Å²) in [5, 5.41) is 8.89. The lowest BCUT2D eigenvalue weighted by molar-refractivity contribution is 0.189. The number of thiophene rings is 1. The van der Waals surface area contributed by atoms with Crippen molar-refractivity contribution in [3.63, 3.8) is 0 Å². The van der Waals surface area contributed by atoms with E-state index in [1.165, 1.54) is 18.1 Å². The van der Waals surface area contributed by atoms with Crippen molar-refractivity contribution >= 4 is 11.3 Å². The normalized spacial score (nSPS) is 18.3. The summed E-state index contributed by atoms with van der Waals surface area (Å²) in [5.41, 5.74) is 3.28. The van der Waals surface area contributed by atoms with Gasteiger partial charge in [0.1, 0.15) is 5.82 Å². The number of likely N-dealkylation sites (tertiary alicyclic amines) is 1. The summed E-state index contributed by atoms with van der Waals surface area (Å²) in [4.78, 5) is 2.45. The molecule has 24 heavy (non-hydrogen) atoms. The Morgan fingerprint density at radius 1 is 1.25 bits per heavy atom. The van der Waals surface area contributed by atoms with E-state index in [0.717, 1.165) is 37.3 Å². The van der Waals surface area contributed by atoms with Gasteiger partial charge in [-0.1, -0.05) is 12.1 Å². The first-order chi connectivity index (χ1) is 11.8. The average molecular weight is 341 g/mol. The molecule has 1 aromatic carbocycles. The molecule has 0 spiro atoms. The highest BCUT2D eigenvalue weighted by molar-refractivity contribution is 7.08. The number of benzene rings is 1. The second kappa shape index (κ2) is 6.87. The Kier molecular flexibility index (Phi) is 4.45. The van der Waals surface area contributed by atoms with E-state index in [-0.39, 0.29) is 5.82 Å². The molecule has 0 saturated carbocycles. The van der Waals surface area contributed by atoms with Crippen LogP contribution in [0.5, 0.6) is 0 Å². The molecule has 1 unspecified atom stereocenters. The SMILES string of the molecule is Fc1cccc(CC2CCCN2Cn2ccc(-c3ccsc3)n2)c1. The number of halogens is 1. The number of hydrogen-bond acceptors (Lipinski definition) is 3. The maximum atomic E-state index is 13.4. The summed E-state index contributed by atoms with van der Waals surface area (Å²) in [6, 6.07) is 11.6. The lowest BCUT2D eigenvalue weighted by Gasteiger charge is -2.24. The van der Waals surface area contributed by atoms with E-state index >= 15 is 0 Å². The van der Waals surface area contributed by atoms with Gasteiger partial charge in [-0.15, -0.1) is 0 Å². The zero-order valence-electron chi connectivity index (χ0n) is 13.4. The van der Waals surface area contributed by atoms with E-state index in [9.17, 15) is 4.39 Å². The molecular weight excluding hydrogens is 321 g/mol. The molecule has 3 aromatic rings. The molecule has 2 aromatic heterocycles. The van der Waals surface area contributed by atoms with Crippen LogP contribution in [0.1, 0.15) is 18.4 Å². The van der Waals surface area contributed by atoms with Crippen LogP contribution in [-0.2, 0) is 13.1 Å². The van der Waals surface area contributed by atoms with Gasteiger partial charge in [-0.3, -0.25) is 9.58 Å². The predicted octanol–water partition coefficient (Wildman–Crippen LogP) is 4.42. The Bertz CT molecular complexity index is 797. The second-order valence-electron chi connectivity index (χ2n) is 6.34. The standard InChI is InChI=1S/C19H20FN3S/c20-17-4-1-3-15(11-17)12-18-5-2-8-22(18)14-23-9-6-19(21-23)16-7-10-24-13-16/h1,3-4,6-7,9-11,13,18H,2,5,8,12,14H2. The van der Waals surface area contributed by atoms with Gasteiger partial charge < -0.3 is 0 Å². The van der Waals surface area contributed by atoms with Crippen LogP contribution in [0.25, 0.3) is 11.3 Å². The largest absolute Gasteiger partial charge is 0.281 e. The molecule has 0 radical (unpaired) electrons. The van der Waals surface area contributed by atoms with Gasteiger partial charge in [0, 0.05) is 29.7 Å². The minimum Gasteiger partial charge on any atom is -0.281 e. The molecule has 1 saturated heterocycles. The summed E-state index contributed by atoms with van der Waals surface area (Å²) in [5.74, 6) is -0.149. The molecular formula is C19H20FN3S. The van der Waals surface area contributed by atoms with Crippen LogP contribution >= 0.6 is 11.3 Å². The third-order valence-corrected chi connectivity index (χ3v) is 5.33. The van der Waals surface area contributed by atoms with Gasteiger partial charge in [0.2, 0.25) is 0 Å². The van der Waals surface area contributed by atoms with Gasteiger partial charge in [-0.25, -0.2) is 4.39 Å². The molecule has 3 heterocycles. The number of aromatic nitrogens is 2. The van der Waals surface area contributed by atoms with E-state index in [1.807, 2.05) is 16.9 Å². The van der Waals surface area contributed by atoms with E-state index in [0.29, 0.717) is 6.04 Å². The summed E-state index contributed by atoms with van der Waals surface area (Å²) in [6.45, 7) is 1.87. The van der Waals surface area contributed by atoms with E-state index < -0.39 is 0 Å². The lowest BCUT2D eigenvalue weighted by atomic mass is 10.0. The first kappa shape index (κ1) is 15.5. The van der Waals surface area contributed by atoms with Crippen molar-refractivity contribution in [2.45, 2.75) is 32.0 Å². The second-order valence-corrected chi connectivity index (χ2v) is 7.12. The zero-order valence-corrected chi connectivity index (χ0v) is 14.3. The molecule has 1 aliphatic heterocycles. The van der Waals surface area contributed by atoms with Gasteiger partial charge in [-0.05, 0) is 54.5 Å². The van der Waals surface area contributed by atoms with Crippen LogP contribution < -0.4 is 0 Å². The molecule has 124 valence electrons. The third kappa shape index (κ3) is 3.42. The maximum Gasteiger partial charge on any atom is 0.123 e. The van der Waals surface area contributed by atoms with Crippen LogP contribution in [-0.4, -0.2) is 27.3 Å². The Labute approximate surface area is 145 Å². The Morgan fingerprint density at radius 3 is 3.04 bits per heavy atom. The van der Waals surface area contributed by atoms with Crippen molar-refractivity contribution in [2.24, 2.45) is 0 Å². The Balaban J connectivity index is 1.44. The summed E-state index contributed by atoms with van der Waals surface area (Å²) in [6.07, 6.45) is 5.30. The molecule has 0 N–H and O–H groups in total. The average Bonchev–Trinajstić information content (AvgIpc) is 3.30. The van der Waals surface area contributed by atoms with Crippen LogP contribution in [0.3, 0.4) is 0 Å². The van der Waals surface area contributed by atoms with Crippen LogP contribution in [0.15, 0.2) is 53.4 Å². The summed E-state index contributed by atoms with van der Waals surface area (Å²) < 4.78 is 15.4. The van der Waals surface area contributed by atoms with Crippen molar-refractivity contribution in [3.05, 3.63) is 64.7 Å². The van der Waals surface area contributed by atoms with Crippen molar-refractivity contribution in [1.82, 2.24) is 14.7 Å². The molecule has 1 atom stereocenters. The highest BCUT2D eigenvalue weighted by Gasteiger charge is 2.25. The fraction of sp³-hybridized carbons (Fsp3) is 0.316. The molecule has 3 nitrogen and oxygen atoms in total. The maximum absolute atomic E-state index is 13.4. The van der Waals surface area contributed by atoms with Crippen LogP contribution in [0, 0.1) is 5.82 Å². The van der Waals surface area contributed by atoms with E-state index in [1.54, 1.807) is 23.5 Å². The number of rotatable bonds is 5. The van der Waals surface area contributed by atoms with Crippen LogP contribution in [0.2, 0.25) is 0 Å². The monoisotopic (exact) mass is 341 g/mol. The van der Waals surface area contributed by atoms with Crippen molar-refractivity contribution in [1.29, 1.82) is 0 Å². The van der Waals surface area contributed by atoms with Gasteiger partial charge in [0.25, 0.3) is 0 Å². The van der Waals surface area contributed by atoms with E-state index in [2.05, 4.69) is 27.8 Å². The van der Waals surface area contributed by atoms with Crippen molar-refractivity contribution in [3.8, 4) is 11.3 Å². The Morgan fingerprint density at radius 2 is 2.21 bits per heavy atom. The number of nitrogens with zero attached hydrogens (tertiary/aromatic N) is 3. The molecule has 0 aliphatic carbocycles. The minimum absolute atomic E-state index is 0.149. The smallest absolute Gasteiger partial charge is 0.123 e. The predicted molar refractivity (Wildman–Crippen MR) is 95.4 cm³/mol.